The molecule has 0 bridgehead atoms. The van der Waals surface area contributed by atoms with Gasteiger partial charge in [-0.15, -0.1) is 10.2 Å². The minimum Gasteiger partial charge on any atom is -0.494 e. The Hall–Kier alpha value is -3.15. The quantitative estimate of drug-likeness (QED) is 0.753. The van der Waals surface area contributed by atoms with Gasteiger partial charge in [0.1, 0.15) is 5.75 Å². The lowest BCUT2D eigenvalue weighted by Gasteiger charge is -2.05. The molecule has 1 amide bonds. The number of rotatable bonds is 6. The van der Waals surface area contributed by atoms with Gasteiger partial charge in [0.15, 0.2) is 0 Å². The third-order valence-corrected chi connectivity index (χ3v) is 3.28. The minimum absolute atomic E-state index is 0.0604. The summed E-state index contributed by atoms with van der Waals surface area (Å²) in [5.74, 6) is 0.650. The van der Waals surface area contributed by atoms with Crippen LogP contribution in [0.5, 0.6) is 5.75 Å². The molecule has 3 aromatic rings. The number of nitrogens with one attached hydrogen (secondary N) is 1. The molecule has 0 spiro atoms. The van der Waals surface area contributed by atoms with Crippen LogP contribution >= 0.6 is 0 Å². The van der Waals surface area contributed by atoms with Crippen LogP contribution in [0, 0.1) is 0 Å². The Morgan fingerprint density at radius 3 is 2.54 bits per heavy atom. The number of hydrogen-bond donors (Lipinski definition) is 1. The molecule has 0 aliphatic heterocycles. The number of carbonyl (C=O) groups is 1. The molecule has 1 heterocycles. The van der Waals surface area contributed by atoms with Crippen LogP contribution in [0.3, 0.4) is 0 Å². The summed E-state index contributed by atoms with van der Waals surface area (Å²) in [5.41, 5.74) is 1.67. The zero-order valence-corrected chi connectivity index (χ0v) is 13.2. The maximum Gasteiger partial charge on any atom is 0.313 e. The normalized spacial score (nSPS) is 10.4. The van der Waals surface area contributed by atoms with Crippen LogP contribution in [-0.2, 0) is 6.42 Å². The fraction of sp³-hybridized carbons (Fsp3) is 0.167. The van der Waals surface area contributed by atoms with Crippen molar-refractivity contribution in [1.29, 1.82) is 0 Å². The second kappa shape index (κ2) is 7.41. The van der Waals surface area contributed by atoms with E-state index in [-0.39, 0.29) is 5.89 Å². The summed E-state index contributed by atoms with van der Waals surface area (Å²) >= 11 is 0. The Bertz CT molecular complexity index is 798. The number of ether oxygens (including phenoxy) is 1. The minimum atomic E-state index is -0.439. The van der Waals surface area contributed by atoms with Gasteiger partial charge in [-0.1, -0.05) is 30.3 Å². The Balaban J connectivity index is 1.63. The molecule has 2 aromatic carbocycles. The van der Waals surface area contributed by atoms with Gasteiger partial charge in [0.25, 0.3) is 0 Å². The molecule has 3 rings (SSSR count). The van der Waals surface area contributed by atoms with E-state index >= 15 is 0 Å². The summed E-state index contributed by atoms with van der Waals surface area (Å²) in [7, 11) is 0. The third-order valence-electron chi connectivity index (χ3n) is 3.28. The van der Waals surface area contributed by atoms with Gasteiger partial charge in [-0.05, 0) is 36.8 Å². The first kappa shape index (κ1) is 15.7. The van der Waals surface area contributed by atoms with E-state index in [1.165, 1.54) is 0 Å². The van der Waals surface area contributed by atoms with Crippen molar-refractivity contribution in [3.63, 3.8) is 0 Å². The first-order valence-electron chi connectivity index (χ1n) is 7.65. The van der Waals surface area contributed by atoms with Crippen LogP contribution < -0.4 is 10.1 Å². The smallest absolute Gasteiger partial charge is 0.313 e. The lowest BCUT2D eigenvalue weighted by Crippen LogP contribution is -2.12. The number of nitrogens with zero attached hydrogens (tertiary/aromatic N) is 2. The van der Waals surface area contributed by atoms with Crippen LogP contribution in [-0.4, -0.2) is 22.7 Å². The zero-order chi connectivity index (χ0) is 16.8. The Morgan fingerprint density at radius 2 is 1.83 bits per heavy atom. The van der Waals surface area contributed by atoms with Crippen molar-refractivity contribution in [3.05, 3.63) is 71.9 Å². The molecule has 6 heteroatoms. The summed E-state index contributed by atoms with van der Waals surface area (Å²) in [6.45, 7) is 2.51. The van der Waals surface area contributed by atoms with Crippen molar-refractivity contribution in [2.75, 3.05) is 11.9 Å². The van der Waals surface area contributed by atoms with E-state index in [1.54, 1.807) is 24.3 Å². The van der Waals surface area contributed by atoms with Gasteiger partial charge in [-0.25, -0.2) is 0 Å². The van der Waals surface area contributed by atoms with Crippen molar-refractivity contribution in [3.8, 4) is 5.75 Å². The van der Waals surface area contributed by atoms with E-state index in [1.807, 2.05) is 37.3 Å². The maximum atomic E-state index is 12.2. The zero-order valence-electron chi connectivity index (χ0n) is 13.2. The van der Waals surface area contributed by atoms with E-state index in [0.717, 1.165) is 11.3 Å². The SMILES string of the molecule is CCOc1ccc(NC(=O)c2nnc(Cc3ccccc3)o2)cc1. The third kappa shape index (κ3) is 3.98. The standard InChI is InChI=1S/C18H17N3O3/c1-2-23-15-10-8-14(9-11-15)19-17(22)18-21-20-16(24-18)12-13-6-4-3-5-7-13/h3-11H,2,12H2,1H3,(H,19,22). The van der Waals surface area contributed by atoms with Gasteiger partial charge < -0.3 is 14.5 Å². The van der Waals surface area contributed by atoms with Gasteiger partial charge >= 0.3 is 11.8 Å². The van der Waals surface area contributed by atoms with Crippen molar-refractivity contribution < 1.29 is 13.9 Å². The highest BCUT2D eigenvalue weighted by Gasteiger charge is 2.15. The number of benzene rings is 2. The van der Waals surface area contributed by atoms with E-state index in [9.17, 15) is 4.79 Å². The van der Waals surface area contributed by atoms with Crippen LogP contribution in [0.25, 0.3) is 0 Å². The average Bonchev–Trinajstić information content (AvgIpc) is 3.06. The first-order valence-corrected chi connectivity index (χ1v) is 7.65. The summed E-state index contributed by atoms with van der Waals surface area (Å²) in [5, 5.41) is 10.4. The molecule has 0 radical (unpaired) electrons. The molecular formula is C18H17N3O3. The summed E-state index contributed by atoms with van der Waals surface area (Å²) < 4.78 is 10.8. The summed E-state index contributed by atoms with van der Waals surface area (Å²) in [4.78, 5) is 12.2. The predicted molar refractivity (Wildman–Crippen MR) is 89.1 cm³/mol. The van der Waals surface area contributed by atoms with Gasteiger partial charge in [-0.3, -0.25) is 4.79 Å². The highest BCUT2D eigenvalue weighted by molar-refractivity contribution is 6.00. The molecule has 6 nitrogen and oxygen atoms in total. The van der Waals surface area contributed by atoms with E-state index in [0.29, 0.717) is 24.6 Å². The molecule has 122 valence electrons. The molecular weight excluding hydrogens is 306 g/mol. The van der Waals surface area contributed by atoms with Crippen molar-refractivity contribution in [2.24, 2.45) is 0 Å². The van der Waals surface area contributed by atoms with Gasteiger partial charge in [0.2, 0.25) is 5.89 Å². The van der Waals surface area contributed by atoms with Crippen molar-refractivity contribution in [2.45, 2.75) is 13.3 Å². The largest absolute Gasteiger partial charge is 0.494 e. The Morgan fingerprint density at radius 1 is 1.08 bits per heavy atom. The number of anilines is 1. The second-order valence-corrected chi connectivity index (χ2v) is 5.07. The fourth-order valence-corrected chi connectivity index (χ4v) is 2.17. The van der Waals surface area contributed by atoms with E-state index in [2.05, 4.69) is 15.5 Å². The number of aromatic nitrogens is 2. The van der Waals surface area contributed by atoms with E-state index < -0.39 is 5.91 Å². The highest BCUT2D eigenvalue weighted by atomic mass is 16.5. The Labute approximate surface area is 139 Å². The molecule has 0 atom stereocenters. The van der Waals surface area contributed by atoms with Gasteiger partial charge in [0.05, 0.1) is 13.0 Å². The summed E-state index contributed by atoms with van der Waals surface area (Å²) in [6, 6.07) is 16.8. The molecule has 24 heavy (non-hydrogen) atoms. The molecule has 0 unspecified atom stereocenters. The molecule has 0 saturated carbocycles. The van der Waals surface area contributed by atoms with Crippen LogP contribution in [0.1, 0.15) is 29.1 Å². The molecule has 0 aliphatic carbocycles. The number of amides is 1. The molecule has 0 fully saturated rings. The predicted octanol–water partition coefficient (Wildman–Crippen LogP) is 3.31. The van der Waals surface area contributed by atoms with Crippen LogP contribution in [0.2, 0.25) is 0 Å². The molecule has 0 aliphatic rings. The van der Waals surface area contributed by atoms with Gasteiger partial charge in [-0.2, -0.15) is 0 Å². The Kier molecular flexibility index (Phi) is 4.86. The topological polar surface area (TPSA) is 77.2 Å². The second-order valence-electron chi connectivity index (χ2n) is 5.07. The van der Waals surface area contributed by atoms with Gasteiger partial charge in [0, 0.05) is 5.69 Å². The van der Waals surface area contributed by atoms with Crippen molar-refractivity contribution in [1.82, 2.24) is 10.2 Å². The maximum absolute atomic E-state index is 12.2. The first-order chi connectivity index (χ1) is 11.7. The molecule has 1 aromatic heterocycles. The number of carbonyl (C=O) groups excluding carboxylic acids is 1. The van der Waals surface area contributed by atoms with Crippen LogP contribution in [0.15, 0.2) is 59.0 Å². The van der Waals surface area contributed by atoms with E-state index in [4.69, 9.17) is 9.15 Å². The molecule has 1 N–H and O–H groups in total. The fourth-order valence-electron chi connectivity index (χ4n) is 2.17. The van der Waals surface area contributed by atoms with Crippen LogP contribution in [0.4, 0.5) is 5.69 Å². The average molecular weight is 323 g/mol. The lowest BCUT2D eigenvalue weighted by atomic mass is 10.2. The summed E-state index contributed by atoms with van der Waals surface area (Å²) in [6.07, 6.45) is 0.490. The molecule has 0 saturated heterocycles. The number of hydrogen-bond acceptors (Lipinski definition) is 5. The monoisotopic (exact) mass is 323 g/mol. The highest BCUT2D eigenvalue weighted by Crippen LogP contribution is 2.16. The van der Waals surface area contributed by atoms with Crippen molar-refractivity contribution >= 4 is 11.6 Å². The lowest BCUT2D eigenvalue weighted by molar-refractivity contribution is 0.0988.